The molecule has 1 unspecified atom stereocenters. The molecule has 1 atom stereocenters. The van der Waals surface area contributed by atoms with Gasteiger partial charge < -0.3 is 14.9 Å². The van der Waals surface area contributed by atoms with Gasteiger partial charge in [-0.2, -0.15) is 0 Å². The Balaban J connectivity index is 2.00. The number of aliphatic carboxylic acids is 1. The molecular weight excluding hydrogens is 292 g/mol. The summed E-state index contributed by atoms with van der Waals surface area (Å²) in [6.07, 6.45) is 1.61. The molecule has 0 radical (unpaired) electrons. The number of benzene rings is 1. The highest BCUT2D eigenvalue weighted by Gasteiger charge is 2.37. The quantitative estimate of drug-likeness (QED) is 0.866. The van der Waals surface area contributed by atoms with Crippen LogP contribution in [0.5, 0.6) is 5.75 Å². The first-order valence-corrected chi connectivity index (χ1v) is 8.23. The fourth-order valence-corrected chi connectivity index (χ4v) is 4.04. The number of rotatable bonds is 5. The molecule has 0 aromatic heterocycles. The second-order valence-corrected chi connectivity index (χ2v) is 6.96. The maximum atomic E-state index is 12.4. The first-order valence-electron chi connectivity index (χ1n) is 6.91. The van der Waals surface area contributed by atoms with E-state index in [2.05, 4.69) is 0 Å². The van der Waals surface area contributed by atoms with Gasteiger partial charge in [0.15, 0.2) is 0 Å². The van der Waals surface area contributed by atoms with Crippen molar-refractivity contribution in [2.45, 2.75) is 36.2 Å². The van der Waals surface area contributed by atoms with E-state index in [0.29, 0.717) is 36.3 Å². The Morgan fingerprint density at radius 1 is 1.43 bits per heavy atom. The summed E-state index contributed by atoms with van der Waals surface area (Å²) in [4.78, 5) is 11.5. The molecule has 116 valence electrons. The number of carboxylic acid groups (broad SMARTS) is 1. The molecule has 1 aromatic carbocycles. The fraction of sp³-hybridized carbons (Fsp3) is 0.533. The second kappa shape index (κ2) is 6.58. The van der Waals surface area contributed by atoms with Crippen LogP contribution in [0.3, 0.4) is 0 Å². The number of carboxylic acids is 1. The Morgan fingerprint density at radius 3 is 2.67 bits per heavy atom. The lowest BCUT2D eigenvalue weighted by Gasteiger charge is -2.34. The highest BCUT2D eigenvalue weighted by atomic mass is 32.2. The molecule has 1 fully saturated rings. The van der Waals surface area contributed by atoms with Crippen LogP contribution >= 0.6 is 0 Å². The SMILES string of the molecule is COc1cccc(S(=O)CC2(O)CCC(C(=O)O)CC2)c1. The van der Waals surface area contributed by atoms with Crippen LogP contribution in [0.15, 0.2) is 29.2 Å². The molecule has 1 saturated carbocycles. The largest absolute Gasteiger partial charge is 0.497 e. The number of aliphatic hydroxyl groups is 1. The summed E-state index contributed by atoms with van der Waals surface area (Å²) >= 11 is 0. The summed E-state index contributed by atoms with van der Waals surface area (Å²) in [5.74, 6) is -0.448. The third-order valence-electron chi connectivity index (χ3n) is 3.97. The van der Waals surface area contributed by atoms with Gasteiger partial charge in [0.25, 0.3) is 0 Å². The molecule has 21 heavy (non-hydrogen) atoms. The number of carbonyl (C=O) groups is 1. The lowest BCUT2D eigenvalue weighted by atomic mass is 9.80. The Bertz CT molecular complexity index is 535. The molecule has 1 aliphatic rings. The van der Waals surface area contributed by atoms with Crippen molar-refractivity contribution in [1.29, 1.82) is 0 Å². The van der Waals surface area contributed by atoms with Crippen LogP contribution in [0.2, 0.25) is 0 Å². The minimum atomic E-state index is -1.33. The van der Waals surface area contributed by atoms with Crippen molar-refractivity contribution in [2.75, 3.05) is 12.9 Å². The van der Waals surface area contributed by atoms with E-state index in [-0.39, 0.29) is 5.75 Å². The Hall–Kier alpha value is -1.40. The summed E-state index contributed by atoms with van der Waals surface area (Å²) < 4.78 is 17.5. The van der Waals surface area contributed by atoms with Crippen molar-refractivity contribution in [3.8, 4) is 5.75 Å². The van der Waals surface area contributed by atoms with Crippen LogP contribution in [0.4, 0.5) is 0 Å². The van der Waals surface area contributed by atoms with Crippen LogP contribution < -0.4 is 4.74 Å². The average molecular weight is 312 g/mol. The molecule has 1 aliphatic carbocycles. The molecule has 0 amide bonds. The lowest BCUT2D eigenvalue weighted by Crippen LogP contribution is -2.40. The van der Waals surface area contributed by atoms with Gasteiger partial charge >= 0.3 is 5.97 Å². The summed E-state index contributed by atoms with van der Waals surface area (Å²) in [6.45, 7) is 0. The van der Waals surface area contributed by atoms with Crippen molar-refractivity contribution in [3.05, 3.63) is 24.3 Å². The Kier molecular flexibility index (Phi) is 5.00. The van der Waals surface area contributed by atoms with E-state index in [1.54, 1.807) is 31.4 Å². The molecule has 0 bridgehead atoms. The van der Waals surface area contributed by atoms with E-state index in [9.17, 15) is 14.1 Å². The number of methoxy groups -OCH3 is 1. The topological polar surface area (TPSA) is 83.8 Å². The minimum absolute atomic E-state index is 0.131. The summed E-state index contributed by atoms with van der Waals surface area (Å²) in [5.41, 5.74) is -1.04. The minimum Gasteiger partial charge on any atom is -0.497 e. The lowest BCUT2D eigenvalue weighted by molar-refractivity contribution is -0.144. The van der Waals surface area contributed by atoms with Crippen molar-refractivity contribution >= 4 is 16.8 Å². The van der Waals surface area contributed by atoms with E-state index in [4.69, 9.17) is 9.84 Å². The molecular formula is C15H20O5S. The highest BCUT2D eigenvalue weighted by molar-refractivity contribution is 7.85. The standard InChI is InChI=1S/C15H20O5S/c1-20-12-3-2-4-13(9-12)21(19)10-15(18)7-5-11(6-8-15)14(16)17/h2-4,9,11,18H,5-8,10H2,1H3,(H,16,17). The number of hydrogen-bond acceptors (Lipinski definition) is 4. The zero-order valence-electron chi connectivity index (χ0n) is 11.9. The molecule has 0 spiro atoms. The summed E-state index contributed by atoms with van der Waals surface area (Å²) in [6, 6.07) is 6.97. The van der Waals surface area contributed by atoms with Gasteiger partial charge in [0.05, 0.1) is 35.2 Å². The Morgan fingerprint density at radius 2 is 2.10 bits per heavy atom. The summed E-state index contributed by atoms with van der Waals surface area (Å²) in [5, 5.41) is 19.5. The normalized spacial score (nSPS) is 27.0. The van der Waals surface area contributed by atoms with Crippen molar-refractivity contribution < 1.29 is 24.0 Å². The van der Waals surface area contributed by atoms with Gasteiger partial charge in [-0.05, 0) is 43.9 Å². The fourth-order valence-electron chi connectivity index (χ4n) is 2.62. The first kappa shape index (κ1) is 16.0. The second-order valence-electron chi connectivity index (χ2n) is 5.51. The van der Waals surface area contributed by atoms with Gasteiger partial charge in [-0.25, -0.2) is 0 Å². The molecule has 0 heterocycles. The average Bonchev–Trinajstić information content (AvgIpc) is 2.47. The van der Waals surface area contributed by atoms with E-state index < -0.39 is 28.3 Å². The molecule has 0 aliphatic heterocycles. The third-order valence-corrected chi connectivity index (χ3v) is 5.55. The number of hydrogen-bond donors (Lipinski definition) is 2. The van der Waals surface area contributed by atoms with Gasteiger partial charge in [0, 0.05) is 4.90 Å². The molecule has 6 heteroatoms. The van der Waals surface area contributed by atoms with Crippen LogP contribution in [-0.2, 0) is 15.6 Å². The predicted octanol–water partition coefficient (Wildman–Crippen LogP) is 1.81. The van der Waals surface area contributed by atoms with Gasteiger partial charge in [0.2, 0.25) is 0 Å². The third kappa shape index (κ3) is 4.04. The van der Waals surface area contributed by atoms with E-state index >= 15 is 0 Å². The molecule has 0 saturated heterocycles. The molecule has 2 N–H and O–H groups in total. The van der Waals surface area contributed by atoms with Crippen molar-refractivity contribution in [3.63, 3.8) is 0 Å². The van der Waals surface area contributed by atoms with Crippen LogP contribution in [0, 0.1) is 5.92 Å². The predicted molar refractivity (Wildman–Crippen MR) is 78.8 cm³/mol. The van der Waals surface area contributed by atoms with Gasteiger partial charge in [-0.15, -0.1) is 0 Å². The van der Waals surface area contributed by atoms with Crippen LogP contribution in [-0.4, -0.2) is 38.9 Å². The maximum absolute atomic E-state index is 12.4. The zero-order valence-corrected chi connectivity index (χ0v) is 12.8. The highest BCUT2D eigenvalue weighted by Crippen LogP contribution is 2.33. The maximum Gasteiger partial charge on any atom is 0.306 e. The van der Waals surface area contributed by atoms with Crippen LogP contribution in [0.25, 0.3) is 0 Å². The van der Waals surface area contributed by atoms with E-state index in [0.717, 1.165) is 0 Å². The summed E-state index contributed by atoms with van der Waals surface area (Å²) in [7, 11) is 0.213. The van der Waals surface area contributed by atoms with E-state index in [1.807, 2.05) is 0 Å². The molecule has 2 rings (SSSR count). The molecule has 1 aromatic rings. The zero-order chi connectivity index (χ0) is 15.5. The van der Waals surface area contributed by atoms with Crippen molar-refractivity contribution in [1.82, 2.24) is 0 Å². The smallest absolute Gasteiger partial charge is 0.306 e. The molecule has 5 nitrogen and oxygen atoms in total. The van der Waals surface area contributed by atoms with E-state index in [1.165, 1.54) is 0 Å². The van der Waals surface area contributed by atoms with Gasteiger partial charge in [0.1, 0.15) is 5.75 Å². The Labute approximate surface area is 126 Å². The van der Waals surface area contributed by atoms with Crippen LogP contribution in [0.1, 0.15) is 25.7 Å². The first-order chi connectivity index (χ1) is 9.93. The van der Waals surface area contributed by atoms with Crippen molar-refractivity contribution in [2.24, 2.45) is 5.92 Å². The van der Waals surface area contributed by atoms with Gasteiger partial charge in [-0.1, -0.05) is 6.07 Å². The van der Waals surface area contributed by atoms with Gasteiger partial charge in [-0.3, -0.25) is 9.00 Å². The number of ether oxygens (including phenoxy) is 1. The monoisotopic (exact) mass is 312 g/mol.